The van der Waals surface area contributed by atoms with Gasteiger partial charge in [0.25, 0.3) is 0 Å². The highest BCUT2D eigenvalue weighted by molar-refractivity contribution is 7.91. The SMILES string of the molecule is COc1ccc(S(=O)(=O)CCO)cc1N=C(N)CCl. The summed E-state index contributed by atoms with van der Waals surface area (Å²) in [6.07, 6.45) is 0. The molecule has 0 saturated carbocycles. The fraction of sp³-hybridized carbons (Fsp3) is 0.364. The number of rotatable bonds is 6. The molecule has 1 aromatic rings. The van der Waals surface area contributed by atoms with E-state index in [4.69, 9.17) is 27.2 Å². The topological polar surface area (TPSA) is 102 Å². The quantitative estimate of drug-likeness (QED) is 0.457. The molecule has 0 bridgehead atoms. The molecule has 0 saturated heterocycles. The number of nitrogens with zero attached hydrogens (tertiary/aromatic N) is 1. The Morgan fingerprint density at radius 3 is 2.74 bits per heavy atom. The Bertz CT molecular complexity index is 572. The van der Waals surface area contributed by atoms with E-state index < -0.39 is 16.4 Å². The summed E-state index contributed by atoms with van der Waals surface area (Å²) in [5.74, 6) is 0.206. The number of halogens is 1. The average molecular weight is 307 g/mol. The number of aliphatic imine (C=N–C) groups is 1. The molecule has 0 aliphatic carbocycles. The molecule has 0 spiro atoms. The van der Waals surface area contributed by atoms with Crippen LogP contribution < -0.4 is 10.5 Å². The summed E-state index contributed by atoms with van der Waals surface area (Å²) in [5, 5.41) is 8.75. The standard InChI is InChI=1S/C11H15ClN2O4S/c1-18-10-3-2-8(19(16,17)5-4-15)6-9(10)14-11(13)7-12/h2-3,6,15H,4-5,7H2,1H3,(H2,13,14). The third-order valence-corrected chi connectivity index (χ3v) is 4.24. The summed E-state index contributed by atoms with van der Waals surface area (Å²) in [6.45, 7) is -0.448. The number of nitrogens with two attached hydrogens (primary N) is 1. The Balaban J connectivity index is 3.30. The molecule has 0 radical (unpaired) electrons. The van der Waals surface area contributed by atoms with Gasteiger partial charge < -0.3 is 15.6 Å². The van der Waals surface area contributed by atoms with Crippen LogP contribution >= 0.6 is 11.6 Å². The molecular formula is C11H15ClN2O4S. The maximum absolute atomic E-state index is 11.8. The predicted octanol–water partition coefficient (Wildman–Crippen LogP) is 0.689. The second-order valence-corrected chi connectivity index (χ2v) is 5.99. The van der Waals surface area contributed by atoms with Crippen LogP contribution in [0.3, 0.4) is 0 Å². The van der Waals surface area contributed by atoms with Gasteiger partial charge in [-0.25, -0.2) is 13.4 Å². The van der Waals surface area contributed by atoms with Gasteiger partial charge in [0.2, 0.25) is 0 Å². The minimum atomic E-state index is -3.55. The van der Waals surface area contributed by atoms with Crippen LogP contribution in [0, 0.1) is 0 Å². The summed E-state index contributed by atoms with van der Waals surface area (Å²) in [6, 6.07) is 4.20. The van der Waals surface area contributed by atoms with E-state index in [0.717, 1.165) is 0 Å². The Morgan fingerprint density at radius 2 is 2.21 bits per heavy atom. The zero-order valence-corrected chi connectivity index (χ0v) is 11.9. The molecular weight excluding hydrogens is 292 g/mol. The van der Waals surface area contributed by atoms with Crippen LogP contribution in [0.2, 0.25) is 0 Å². The second kappa shape index (κ2) is 6.74. The van der Waals surface area contributed by atoms with Gasteiger partial charge >= 0.3 is 0 Å². The van der Waals surface area contributed by atoms with Crippen molar-refractivity contribution < 1.29 is 18.3 Å². The van der Waals surface area contributed by atoms with Crippen molar-refractivity contribution >= 4 is 33.0 Å². The van der Waals surface area contributed by atoms with Gasteiger partial charge in [0.05, 0.1) is 30.2 Å². The van der Waals surface area contributed by atoms with E-state index in [1.54, 1.807) is 0 Å². The molecule has 0 amide bonds. The first-order valence-electron chi connectivity index (χ1n) is 5.35. The van der Waals surface area contributed by atoms with Gasteiger partial charge in [-0.3, -0.25) is 0 Å². The lowest BCUT2D eigenvalue weighted by Gasteiger charge is -2.08. The molecule has 106 valence electrons. The van der Waals surface area contributed by atoms with Gasteiger partial charge in [-0.2, -0.15) is 0 Å². The monoisotopic (exact) mass is 306 g/mol. The molecule has 3 N–H and O–H groups in total. The number of benzene rings is 1. The minimum absolute atomic E-state index is 0.0246. The number of aliphatic hydroxyl groups excluding tert-OH is 1. The van der Waals surface area contributed by atoms with E-state index in [9.17, 15) is 8.42 Å². The summed E-state index contributed by atoms with van der Waals surface area (Å²) in [5.41, 5.74) is 5.80. The fourth-order valence-corrected chi connectivity index (χ4v) is 2.48. The molecule has 19 heavy (non-hydrogen) atoms. The van der Waals surface area contributed by atoms with Crippen molar-refractivity contribution in [1.29, 1.82) is 0 Å². The molecule has 8 heteroatoms. The summed E-state index contributed by atoms with van der Waals surface area (Å²) < 4.78 is 28.7. The smallest absolute Gasteiger partial charge is 0.180 e. The van der Waals surface area contributed by atoms with Crippen LogP contribution in [0.4, 0.5) is 5.69 Å². The van der Waals surface area contributed by atoms with E-state index in [2.05, 4.69) is 4.99 Å². The second-order valence-electron chi connectivity index (χ2n) is 3.61. The molecule has 1 rings (SSSR count). The van der Waals surface area contributed by atoms with Crippen LogP contribution in [-0.4, -0.2) is 44.7 Å². The van der Waals surface area contributed by atoms with Crippen LogP contribution in [0.5, 0.6) is 5.75 Å². The number of ether oxygens (including phenoxy) is 1. The zero-order valence-electron chi connectivity index (χ0n) is 10.3. The van der Waals surface area contributed by atoms with Gasteiger partial charge in [-0.05, 0) is 18.2 Å². The van der Waals surface area contributed by atoms with Crippen molar-refractivity contribution in [3.8, 4) is 5.75 Å². The van der Waals surface area contributed by atoms with Gasteiger partial charge in [0, 0.05) is 0 Å². The van der Waals surface area contributed by atoms with Crippen molar-refractivity contribution in [2.24, 2.45) is 10.7 Å². The molecule has 6 nitrogen and oxygen atoms in total. The van der Waals surface area contributed by atoms with Crippen LogP contribution in [-0.2, 0) is 9.84 Å². The molecule has 0 aliphatic heterocycles. The number of alkyl halides is 1. The van der Waals surface area contributed by atoms with Gasteiger partial charge in [0.1, 0.15) is 17.3 Å². The number of hydrogen-bond donors (Lipinski definition) is 2. The maximum atomic E-state index is 11.8. The number of methoxy groups -OCH3 is 1. The predicted molar refractivity (Wildman–Crippen MR) is 74.1 cm³/mol. The Kier molecular flexibility index (Phi) is 5.59. The highest BCUT2D eigenvalue weighted by Gasteiger charge is 2.16. The molecule has 0 fully saturated rings. The van der Waals surface area contributed by atoms with E-state index in [1.807, 2.05) is 0 Å². The summed E-state index contributed by atoms with van der Waals surface area (Å²) in [7, 11) is -2.11. The molecule has 0 unspecified atom stereocenters. The van der Waals surface area contributed by atoms with Crippen molar-refractivity contribution in [1.82, 2.24) is 0 Å². The van der Waals surface area contributed by atoms with E-state index in [1.165, 1.54) is 25.3 Å². The lowest BCUT2D eigenvalue weighted by Crippen LogP contribution is -2.13. The van der Waals surface area contributed by atoms with Crippen LogP contribution in [0.15, 0.2) is 28.1 Å². The van der Waals surface area contributed by atoms with Crippen molar-refractivity contribution in [2.45, 2.75) is 4.90 Å². The summed E-state index contributed by atoms with van der Waals surface area (Å²) >= 11 is 5.53. The highest BCUT2D eigenvalue weighted by atomic mass is 35.5. The Hall–Kier alpha value is -1.31. The number of sulfone groups is 1. The van der Waals surface area contributed by atoms with E-state index >= 15 is 0 Å². The Labute approximate surface area is 116 Å². The van der Waals surface area contributed by atoms with E-state index in [0.29, 0.717) is 5.75 Å². The highest BCUT2D eigenvalue weighted by Crippen LogP contribution is 2.30. The van der Waals surface area contributed by atoms with Crippen LogP contribution in [0.1, 0.15) is 0 Å². The van der Waals surface area contributed by atoms with Crippen LogP contribution in [0.25, 0.3) is 0 Å². The van der Waals surface area contributed by atoms with Gasteiger partial charge in [-0.15, -0.1) is 11.6 Å². The number of aliphatic hydroxyl groups is 1. The Morgan fingerprint density at radius 1 is 1.53 bits per heavy atom. The normalized spacial score (nSPS) is 12.5. The minimum Gasteiger partial charge on any atom is -0.494 e. The van der Waals surface area contributed by atoms with Crippen molar-refractivity contribution in [2.75, 3.05) is 25.3 Å². The molecule has 0 aromatic heterocycles. The molecule has 0 aliphatic rings. The largest absolute Gasteiger partial charge is 0.494 e. The number of amidine groups is 1. The molecule has 1 aromatic carbocycles. The fourth-order valence-electron chi connectivity index (χ4n) is 1.37. The van der Waals surface area contributed by atoms with Gasteiger partial charge in [0.15, 0.2) is 9.84 Å². The lowest BCUT2D eigenvalue weighted by molar-refractivity contribution is 0.319. The average Bonchev–Trinajstić information content (AvgIpc) is 2.38. The number of hydrogen-bond acceptors (Lipinski definition) is 5. The first kappa shape index (κ1) is 15.7. The molecule has 0 atom stereocenters. The molecule has 0 heterocycles. The maximum Gasteiger partial charge on any atom is 0.180 e. The van der Waals surface area contributed by atoms with E-state index in [-0.39, 0.29) is 28.1 Å². The van der Waals surface area contributed by atoms with Gasteiger partial charge in [-0.1, -0.05) is 0 Å². The van der Waals surface area contributed by atoms with Crippen molar-refractivity contribution in [3.63, 3.8) is 0 Å². The first-order chi connectivity index (χ1) is 8.94. The third kappa shape index (κ3) is 4.09. The van der Waals surface area contributed by atoms with Crippen molar-refractivity contribution in [3.05, 3.63) is 18.2 Å². The third-order valence-electron chi connectivity index (χ3n) is 2.27. The zero-order chi connectivity index (χ0) is 14.5. The lowest BCUT2D eigenvalue weighted by atomic mass is 10.3. The summed E-state index contributed by atoms with van der Waals surface area (Å²) in [4.78, 5) is 4.04. The first-order valence-corrected chi connectivity index (χ1v) is 7.54.